The highest BCUT2D eigenvalue weighted by Gasteiger charge is 2.40. The third-order valence-corrected chi connectivity index (χ3v) is 4.86. The molecule has 2 fully saturated rings. The largest absolute Gasteiger partial charge is 0.342 e. The number of hydrogen-bond acceptors (Lipinski definition) is 2. The number of rotatable bonds is 2. The molecule has 3 heteroatoms. The molecule has 0 aromatic carbocycles. The molecule has 1 saturated carbocycles. The van der Waals surface area contributed by atoms with Crippen molar-refractivity contribution in [1.82, 2.24) is 4.90 Å². The molecular formula is C14H26N2O. The Bertz CT molecular complexity index is 283. The van der Waals surface area contributed by atoms with Crippen LogP contribution in [0.25, 0.3) is 0 Å². The minimum atomic E-state index is -0.389. The summed E-state index contributed by atoms with van der Waals surface area (Å²) in [6.45, 7) is 6.24. The van der Waals surface area contributed by atoms with Gasteiger partial charge in [-0.05, 0) is 44.9 Å². The van der Waals surface area contributed by atoms with E-state index in [-0.39, 0.29) is 11.3 Å². The maximum absolute atomic E-state index is 12.3. The molecule has 1 aliphatic heterocycles. The van der Waals surface area contributed by atoms with Crippen LogP contribution in [0.3, 0.4) is 0 Å². The Morgan fingerprint density at radius 1 is 1.18 bits per heavy atom. The summed E-state index contributed by atoms with van der Waals surface area (Å²) in [7, 11) is 0. The molecule has 1 amide bonds. The van der Waals surface area contributed by atoms with Crippen molar-refractivity contribution in [3.63, 3.8) is 0 Å². The molecular weight excluding hydrogens is 212 g/mol. The van der Waals surface area contributed by atoms with Crippen LogP contribution in [0.5, 0.6) is 0 Å². The third kappa shape index (κ3) is 2.49. The number of likely N-dealkylation sites (tertiary alicyclic amines) is 1. The van der Waals surface area contributed by atoms with Crippen molar-refractivity contribution in [2.75, 3.05) is 19.6 Å². The standard InChI is InChI=1S/C14H26N2O/c1-13(2,11-15)12(17)16-9-7-14(8-10-16)5-3-4-6-14/h3-11,15H2,1-2H3. The molecule has 1 spiro atoms. The minimum Gasteiger partial charge on any atom is -0.342 e. The molecule has 98 valence electrons. The molecule has 17 heavy (non-hydrogen) atoms. The minimum absolute atomic E-state index is 0.243. The normalized spacial score (nSPS) is 24.3. The molecule has 0 atom stereocenters. The molecule has 2 rings (SSSR count). The SMILES string of the molecule is CC(C)(CN)C(=O)N1CCC2(CCCC2)CC1. The lowest BCUT2D eigenvalue weighted by atomic mass is 9.76. The molecule has 1 heterocycles. The van der Waals surface area contributed by atoms with Crippen LogP contribution in [0.2, 0.25) is 0 Å². The lowest BCUT2D eigenvalue weighted by Gasteiger charge is -2.41. The Balaban J connectivity index is 1.93. The van der Waals surface area contributed by atoms with Crippen LogP contribution < -0.4 is 5.73 Å². The van der Waals surface area contributed by atoms with Gasteiger partial charge in [0.25, 0.3) is 0 Å². The number of hydrogen-bond donors (Lipinski definition) is 1. The van der Waals surface area contributed by atoms with E-state index in [2.05, 4.69) is 0 Å². The van der Waals surface area contributed by atoms with E-state index in [1.54, 1.807) is 0 Å². The predicted molar refractivity (Wildman–Crippen MR) is 69.6 cm³/mol. The topological polar surface area (TPSA) is 46.3 Å². The van der Waals surface area contributed by atoms with Crippen LogP contribution in [-0.4, -0.2) is 30.4 Å². The zero-order valence-electron chi connectivity index (χ0n) is 11.3. The molecule has 1 saturated heterocycles. The second kappa shape index (κ2) is 4.60. The Labute approximate surface area is 105 Å². The molecule has 0 radical (unpaired) electrons. The van der Waals surface area contributed by atoms with Gasteiger partial charge in [-0.3, -0.25) is 4.79 Å². The summed E-state index contributed by atoms with van der Waals surface area (Å²) in [6.07, 6.45) is 7.97. The van der Waals surface area contributed by atoms with Crippen LogP contribution in [0.15, 0.2) is 0 Å². The highest BCUT2D eigenvalue weighted by Crippen LogP contribution is 2.46. The number of nitrogens with two attached hydrogens (primary N) is 1. The van der Waals surface area contributed by atoms with E-state index < -0.39 is 0 Å². The monoisotopic (exact) mass is 238 g/mol. The van der Waals surface area contributed by atoms with Gasteiger partial charge in [-0.15, -0.1) is 0 Å². The molecule has 0 bridgehead atoms. The average Bonchev–Trinajstić information content (AvgIpc) is 2.78. The highest BCUT2D eigenvalue weighted by molar-refractivity contribution is 5.82. The van der Waals surface area contributed by atoms with Crippen molar-refractivity contribution in [1.29, 1.82) is 0 Å². The fourth-order valence-corrected chi connectivity index (χ4v) is 3.32. The van der Waals surface area contributed by atoms with Gasteiger partial charge in [-0.2, -0.15) is 0 Å². The molecule has 0 aromatic rings. The van der Waals surface area contributed by atoms with Gasteiger partial charge < -0.3 is 10.6 Å². The van der Waals surface area contributed by atoms with Gasteiger partial charge in [-0.1, -0.05) is 12.8 Å². The zero-order chi connectivity index (χ0) is 12.5. The average molecular weight is 238 g/mol. The van der Waals surface area contributed by atoms with E-state index in [0.717, 1.165) is 13.1 Å². The summed E-state index contributed by atoms with van der Waals surface area (Å²) < 4.78 is 0. The quantitative estimate of drug-likeness (QED) is 0.801. The van der Waals surface area contributed by atoms with E-state index in [4.69, 9.17) is 5.73 Å². The van der Waals surface area contributed by atoms with Gasteiger partial charge in [0.15, 0.2) is 0 Å². The van der Waals surface area contributed by atoms with Crippen LogP contribution in [-0.2, 0) is 4.79 Å². The Morgan fingerprint density at radius 2 is 1.71 bits per heavy atom. The van der Waals surface area contributed by atoms with E-state index >= 15 is 0 Å². The molecule has 0 unspecified atom stereocenters. The maximum Gasteiger partial charge on any atom is 0.229 e. The smallest absolute Gasteiger partial charge is 0.229 e. The fourth-order valence-electron chi connectivity index (χ4n) is 3.32. The van der Waals surface area contributed by atoms with E-state index in [9.17, 15) is 4.79 Å². The molecule has 0 aromatic heterocycles. The van der Waals surface area contributed by atoms with Crippen LogP contribution in [0.1, 0.15) is 52.4 Å². The van der Waals surface area contributed by atoms with E-state index in [1.807, 2.05) is 18.7 Å². The molecule has 2 N–H and O–H groups in total. The van der Waals surface area contributed by atoms with Crippen LogP contribution >= 0.6 is 0 Å². The second-order valence-electron chi connectivity index (χ2n) is 6.59. The number of carbonyl (C=O) groups is 1. The maximum atomic E-state index is 12.3. The highest BCUT2D eigenvalue weighted by atomic mass is 16.2. The van der Waals surface area contributed by atoms with Gasteiger partial charge >= 0.3 is 0 Å². The first kappa shape index (κ1) is 12.9. The van der Waals surface area contributed by atoms with Crippen molar-refractivity contribution >= 4 is 5.91 Å². The van der Waals surface area contributed by atoms with Gasteiger partial charge in [0.05, 0.1) is 5.41 Å². The predicted octanol–water partition coefficient (Wildman–Crippen LogP) is 2.15. The zero-order valence-corrected chi connectivity index (χ0v) is 11.3. The second-order valence-corrected chi connectivity index (χ2v) is 6.59. The van der Waals surface area contributed by atoms with Crippen molar-refractivity contribution in [2.45, 2.75) is 52.4 Å². The Kier molecular flexibility index (Phi) is 3.48. The van der Waals surface area contributed by atoms with Gasteiger partial charge in [0, 0.05) is 19.6 Å². The fraction of sp³-hybridized carbons (Fsp3) is 0.929. The molecule has 3 nitrogen and oxygen atoms in total. The number of carbonyl (C=O) groups excluding carboxylic acids is 1. The number of piperidine rings is 1. The first-order chi connectivity index (χ1) is 7.99. The van der Waals surface area contributed by atoms with Crippen LogP contribution in [0.4, 0.5) is 0 Å². The molecule has 2 aliphatic rings. The lowest BCUT2D eigenvalue weighted by molar-refractivity contribution is -0.142. The molecule has 1 aliphatic carbocycles. The van der Waals surface area contributed by atoms with Crippen molar-refractivity contribution < 1.29 is 4.79 Å². The summed E-state index contributed by atoms with van der Waals surface area (Å²) in [5.74, 6) is 0.243. The Morgan fingerprint density at radius 3 is 2.18 bits per heavy atom. The summed E-state index contributed by atoms with van der Waals surface area (Å²) in [4.78, 5) is 14.3. The third-order valence-electron chi connectivity index (χ3n) is 4.86. The summed E-state index contributed by atoms with van der Waals surface area (Å²) >= 11 is 0. The van der Waals surface area contributed by atoms with Gasteiger partial charge in [-0.25, -0.2) is 0 Å². The number of amides is 1. The summed E-state index contributed by atoms with van der Waals surface area (Å²) in [6, 6.07) is 0. The lowest BCUT2D eigenvalue weighted by Crippen LogP contribution is -2.49. The summed E-state index contributed by atoms with van der Waals surface area (Å²) in [5.41, 5.74) is 5.88. The first-order valence-electron chi connectivity index (χ1n) is 6.99. The van der Waals surface area contributed by atoms with Crippen molar-refractivity contribution in [3.05, 3.63) is 0 Å². The van der Waals surface area contributed by atoms with Crippen LogP contribution in [0, 0.1) is 10.8 Å². The number of nitrogens with zero attached hydrogens (tertiary/aromatic N) is 1. The first-order valence-corrected chi connectivity index (χ1v) is 6.99. The Hall–Kier alpha value is -0.570. The van der Waals surface area contributed by atoms with Crippen molar-refractivity contribution in [2.24, 2.45) is 16.6 Å². The van der Waals surface area contributed by atoms with E-state index in [0.29, 0.717) is 12.0 Å². The van der Waals surface area contributed by atoms with E-state index in [1.165, 1.54) is 38.5 Å². The van der Waals surface area contributed by atoms with Gasteiger partial charge in [0.2, 0.25) is 5.91 Å². The summed E-state index contributed by atoms with van der Waals surface area (Å²) in [5, 5.41) is 0. The van der Waals surface area contributed by atoms with Gasteiger partial charge in [0.1, 0.15) is 0 Å². The van der Waals surface area contributed by atoms with Crippen molar-refractivity contribution in [3.8, 4) is 0 Å².